The number of ether oxygens (including phenoxy) is 1. The van der Waals surface area contributed by atoms with Crippen molar-refractivity contribution in [2.75, 3.05) is 11.9 Å². The van der Waals surface area contributed by atoms with Crippen molar-refractivity contribution in [2.45, 2.75) is 19.9 Å². The summed E-state index contributed by atoms with van der Waals surface area (Å²) in [5.74, 6) is -0.248. The molecular weight excluding hydrogens is 258 g/mol. The molecule has 1 aromatic carbocycles. The average molecular weight is 275 g/mol. The van der Waals surface area contributed by atoms with E-state index in [0.29, 0.717) is 6.61 Å². The van der Waals surface area contributed by atoms with Gasteiger partial charge in [-0.2, -0.15) is 11.3 Å². The summed E-state index contributed by atoms with van der Waals surface area (Å²) in [4.78, 5) is 12.1. The van der Waals surface area contributed by atoms with E-state index >= 15 is 0 Å². The molecule has 100 valence electrons. The Hall–Kier alpha value is -1.81. The van der Waals surface area contributed by atoms with Crippen LogP contribution in [0.4, 0.5) is 5.69 Å². The van der Waals surface area contributed by atoms with E-state index in [1.165, 1.54) is 0 Å². The minimum absolute atomic E-state index is 0.248. The molecule has 0 aliphatic heterocycles. The van der Waals surface area contributed by atoms with Crippen molar-refractivity contribution in [3.63, 3.8) is 0 Å². The molecule has 1 unspecified atom stereocenters. The molecule has 0 saturated heterocycles. The number of thiophene rings is 1. The van der Waals surface area contributed by atoms with Crippen LogP contribution in [-0.2, 0) is 9.53 Å². The number of esters is 1. The molecule has 1 heterocycles. The zero-order valence-corrected chi connectivity index (χ0v) is 11.9. The van der Waals surface area contributed by atoms with Crippen LogP contribution in [-0.4, -0.2) is 12.6 Å². The van der Waals surface area contributed by atoms with Crippen LogP contribution in [0.3, 0.4) is 0 Å². The number of hydrogen-bond donors (Lipinski definition) is 1. The Morgan fingerprint density at radius 1 is 1.42 bits per heavy atom. The van der Waals surface area contributed by atoms with Crippen LogP contribution in [0.5, 0.6) is 0 Å². The quantitative estimate of drug-likeness (QED) is 0.844. The smallest absolute Gasteiger partial charge is 0.333 e. The van der Waals surface area contributed by atoms with Crippen LogP contribution in [0.15, 0.2) is 41.1 Å². The van der Waals surface area contributed by atoms with Crippen LogP contribution in [0.1, 0.15) is 24.1 Å². The lowest BCUT2D eigenvalue weighted by Crippen LogP contribution is -2.23. The Morgan fingerprint density at radius 2 is 2.26 bits per heavy atom. The molecule has 3 nitrogen and oxygen atoms in total. The van der Waals surface area contributed by atoms with Crippen molar-refractivity contribution in [1.29, 1.82) is 0 Å². The summed E-state index contributed by atoms with van der Waals surface area (Å²) >= 11 is 1.57. The van der Waals surface area contributed by atoms with Crippen molar-refractivity contribution < 1.29 is 9.53 Å². The standard InChI is InChI=1S/C15H17NO2S/c1-3-18-15(17)14(12-7-8-19-10-12)16-13-6-4-5-11(2)9-13/h4-10,14,16H,3H2,1-2H3. The Labute approximate surface area is 117 Å². The third-order valence-corrected chi connectivity index (χ3v) is 3.43. The molecule has 0 amide bonds. The van der Waals surface area contributed by atoms with Crippen molar-refractivity contribution in [3.8, 4) is 0 Å². The summed E-state index contributed by atoms with van der Waals surface area (Å²) in [5, 5.41) is 7.16. The first-order chi connectivity index (χ1) is 9.20. The van der Waals surface area contributed by atoms with Crippen molar-refractivity contribution in [3.05, 3.63) is 52.2 Å². The van der Waals surface area contributed by atoms with Crippen molar-refractivity contribution >= 4 is 23.0 Å². The normalized spacial score (nSPS) is 11.9. The molecule has 0 aliphatic carbocycles. The van der Waals surface area contributed by atoms with E-state index in [1.54, 1.807) is 11.3 Å². The molecule has 1 atom stereocenters. The molecule has 1 N–H and O–H groups in total. The van der Waals surface area contributed by atoms with Gasteiger partial charge in [0, 0.05) is 5.69 Å². The van der Waals surface area contributed by atoms with Gasteiger partial charge in [-0.1, -0.05) is 12.1 Å². The van der Waals surface area contributed by atoms with Gasteiger partial charge in [-0.15, -0.1) is 0 Å². The first-order valence-electron chi connectivity index (χ1n) is 6.22. The number of carbonyl (C=O) groups excluding carboxylic acids is 1. The van der Waals surface area contributed by atoms with Gasteiger partial charge in [0.15, 0.2) is 6.04 Å². The van der Waals surface area contributed by atoms with Gasteiger partial charge >= 0.3 is 5.97 Å². The third kappa shape index (κ3) is 3.58. The number of nitrogens with one attached hydrogen (secondary N) is 1. The highest BCUT2D eigenvalue weighted by Gasteiger charge is 2.22. The average Bonchev–Trinajstić information content (AvgIpc) is 2.90. The molecule has 0 radical (unpaired) electrons. The summed E-state index contributed by atoms with van der Waals surface area (Å²) < 4.78 is 5.13. The van der Waals surface area contributed by atoms with Gasteiger partial charge in [0.2, 0.25) is 0 Å². The number of anilines is 1. The molecule has 0 bridgehead atoms. The largest absolute Gasteiger partial charge is 0.464 e. The summed E-state index contributed by atoms with van der Waals surface area (Å²) in [6.07, 6.45) is 0. The topological polar surface area (TPSA) is 38.3 Å². The molecule has 0 saturated carbocycles. The lowest BCUT2D eigenvalue weighted by Gasteiger charge is -2.17. The predicted molar refractivity (Wildman–Crippen MR) is 78.5 cm³/mol. The maximum atomic E-state index is 12.1. The fourth-order valence-corrected chi connectivity index (χ4v) is 2.53. The summed E-state index contributed by atoms with van der Waals surface area (Å²) in [7, 11) is 0. The molecule has 19 heavy (non-hydrogen) atoms. The second-order valence-corrected chi connectivity index (χ2v) is 5.04. The third-order valence-electron chi connectivity index (χ3n) is 2.73. The minimum Gasteiger partial charge on any atom is -0.464 e. The Balaban J connectivity index is 2.21. The second kappa shape index (κ2) is 6.38. The van der Waals surface area contributed by atoms with Gasteiger partial charge in [-0.3, -0.25) is 0 Å². The van der Waals surface area contributed by atoms with Crippen molar-refractivity contribution in [1.82, 2.24) is 0 Å². The van der Waals surface area contributed by atoms with E-state index in [1.807, 2.05) is 54.9 Å². The van der Waals surface area contributed by atoms with Crippen LogP contribution in [0, 0.1) is 6.92 Å². The van der Waals surface area contributed by atoms with E-state index in [9.17, 15) is 4.79 Å². The molecule has 4 heteroatoms. The fraction of sp³-hybridized carbons (Fsp3) is 0.267. The fourth-order valence-electron chi connectivity index (χ4n) is 1.84. The van der Waals surface area contributed by atoms with E-state index in [-0.39, 0.29) is 5.97 Å². The number of benzene rings is 1. The highest BCUT2D eigenvalue weighted by atomic mass is 32.1. The molecule has 2 aromatic rings. The Kier molecular flexibility index (Phi) is 4.58. The van der Waals surface area contributed by atoms with Crippen LogP contribution in [0.25, 0.3) is 0 Å². The molecule has 2 rings (SSSR count). The molecule has 0 fully saturated rings. The van der Waals surface area contributed by atoms with E-state index in [2.05, 4.69) is 5.32 Å². The number of aryl methyl sites for hydroxylation is 1. The summed E-state index contributed by atoms with van der Waals surface area (Å²) in [5.41, 5.74) is 3.01. The molecule has 0 spiro atoms. The molecule has 1 aromatic heterocycles. The maximum Gasteiger partial charge on any atom is 0.333 e. The number of carbonyl (C=O) groups is 1. The zero-order valence-electron chi connectivity index (χ0n) is 11.1. The van der Waals surface area contributed by atoms with Gasteiger partial charge in [-0.05, 0) is 53.9 Å². The lowest BCUT2D eigenvalue weighted by molar-refractivity contribution is -0.144. The van der Waals surface area contributed by atoms with Gasteiger partial charge in [0.1, 0.15) is 0 Å². The second-order valence-electron chi connectivity index (χ2n) is 4.26. The van der Waals surface area contributed by atoms with Gasteiger partial charge in [0.25, 0.3) is 0 Å². The monoisotopic (exact) mass is 275 g/mol. The summed E-state index contributed by atoms with van der Waals surface area (Å²) in [6.45, 7) is 4.22. The van der Waals surface area contributed by atoms with E-state index in [0.717, 1.165) is 16.8 Å². The van der Waals surface area contributed by atoms with Crippen molar-refractivity contribution in [2.24, 2.45) is 0 Å². The maximum absolute atomic E-state index is 12.1. The summed E-state index contributed by atoms with van der Waals surface area (Å²) in [6, 6.07) is 9.44. The van der Waals surface area contributed by atoms with Crippen LogP contribution in [0.2, 0.25) is 0 Å². The first kappa shape index (κ1) is 13.6. The van der Waals surface area contributed by atoms with E-state index < -0.39 is 6.04 Å². The van der Waals surface area contributed by atoms with E-state index in [4.69, 9.17) is 4.74 Å². The SMILES string of the molecule is CCOC(=O)C(Nc1cccc(C)c1)c1ccsc1. The highest BCUT2D eigenvalue weighted by molar-refractivity contribution is 7.08. The first-order valence-corrected chi connectivity index (χ1v) is 7.17. The van der Waals surface area contributed by atoms with Crippen LogP contribution < -0.4 is 5.32 Å². The Bertz CT molecular complexity index is 537. The Morgan fingerprint density at radius 3 is 2.89 bits per heavy atom. The number of hydrogen-bond acceptors (Lipinski definition) is 4. The molecular formula is C15H17NO2S. The lowest BCUT2D eigenvalue weighted by atomic mass is 10.1. The molecule has 0 aliphatic rings. The minimum atomic E-state index is -0.451. The van der Waals surface area contributed by atoms with Gasteiger partial charge in [0.05, 0.1) is 6.61 Å². The highest BCUT2D eigenvalue weighted by Crippen LogP contribution is 2.23. The van der Waals surface area contributed by atoms with Gasteiger partial charge in [-0.25, -0.2) is 4.79 Å². The van der Waals surface area contributed by atoms with Crippen LogP contribution >= 0.6 is 11.3 Å². The number of rotatable bonds is 5. The predicted octanol–water partition coefficient (Wildman–Crippen LogP) is 3.77. The zero-order chi connectivity index (χ0) is 13.7. The van der Waals surface area contributed by atoms with Gasteiger partial charge < -0.3 is 10.1 Å².